The lowest BCUT2D eigenvalue weighted by Crippen LogP contribution is -2.37. The number of hydrogen-bond acceptors (Lipinski definition) is 6. The number of nitrogen functional groups attached to an aromatic ring is 1. The highest BCUT2D eigenvalue weighted by atomic mass is 32.1. The van der Waals surface area contributed by atoms with Crippen LogP contribution in [0.25, 0.3) is 0 Å². The minimum Gasteiger partial charge on any atom is -0.382 e. The van der Waals surface area contributed by atoms with Crippen molar-refractivity contribution in [2.24, 2.45) is 0 Å². The quantitative estimate of drug-likeness (QED) is 0.906. The number of rotatable bonds is 2. The fourth-order valence-corrected chi connectivity index (χ4v) is 4.16. The molecule has 0 saturated heterocycles. The first-order valence-electron chi connectivity index (χ1n) is 7.77. The van der Waals surface area contributed by atoms with E-state index in [4.69, 9.17) is 10.5 Å². The highest BCUT2D eigenvalue weighted by Crippen LogP contribution is 2.33. The van der Waals surface area contributed by atoms with Gasteiger partial charge in [-0.15, -0.1) is 16.4 Å². The van der Waals surface area contributed by atoms with Crippen LogP contribution in [0, 0.1) is 0 Å². The molecule has 23 heavy (non-hydrogen) atoms. The van der Waals surface area contributed by atoms with Crippen LogP contribution >= 0.6 is 11.3 Å². The van der Waals surface area contributed by atoms with Gasteiger partial charge in [0.15, 0.2) is 0 Å². The Bertz CT molecular complexity index is 745. The molecular formula is C16H18N4O2S. The number of carbonyl (C=O) groups excluding carboxylic acids is 1. The molecule has 2 aliphatic rings. The van der Waals surface area contributed by atoms with E-state index in [9.17, 15) is 4.79 Å². The second-order valence-corrected chi connectivity index (χ2v) is 6.92. The van der Waals surface area contributed by atoms with Gasteiger partial charge in [0.05, 0.1) is 24.8 Å². The van der Waals surface area contributed by atoms with Gasteiger partial charge in [-0.2, -0.15) is 5.10 Å². The number of anilines is 1. The number of nitrogens with two attached hydrogens (primary N) is 1. The molecule has 2 N–H and O–H groups in total. The monoisotopic (exact) mass is 330 g/mol. The Morgan fingerprint density at radius 3 is 3.26 bits per heavy atom. The number of hydrogen-bond donors (Lipinski definition) is 1. The van der Waals surface area contributed by atoms with Gasteiger partial charge in [-0.05, 0) is 28.6 Å². The maximum atomic E-state index is 12.7. The van der Waals surface area contributed by atoms with Crippen molar-refractivity contribution in [3.63, 3.8) is 0 Å². The highest BCUT2D eigenvalue weighted by molar-refractivity contribution is 7.10. The van der Waals surface area contributed by atoms with Crippen molar-refractivity contribution >= 4 is 23.1 Å². The molecule has 4 rings (SSSR count). The molecule has 2 aromatic heterocycles. The van der Waals surface area contributed by atoms with E-state index in [1.165, 1.54) is 10.4 Å². The third-order valence-electron chi connectivity index (χ3n) is 4.45. The maximum absolute atomic E-state index is 12.7. The first kappa shape index (κ1) is 14.6. The number of aromatic nitrogens is 2. The average molecular weight is 330 g/mol. The van der Waals surface area contributed by atoms with Crippen LogP contribution in [-0.2, 0) is 28.9 Å². The summed E-state index contributed by atoms with van der Waals surface area (Å²) >= 11 is 1.75. The van der Waals surface area contributed by atoms with Gasteiger partial charge < -0.3 is 15.4 Å². The van der Waals surface area contributed by atoms with Crippen LogP contribution in [0.1, 0.15) is 34.2 Å². The van der Waals surface area contributed by atoms with Crippen molar-refractivity contribution in [2.75, 3.05) is 18.9 Å². The Morgan fingerprint density at radius 2 is 2.35 bits per heavy atom. The third kappa shape index (κ3) is 2.82. The van der Waals surface area contributed by atoms with Crippen molar-refractivity contribution in [1.29, 1.82) is 0 Å². The molecule has 120 valence electrons. The molecule has 0 aliphatic carbocycles. The highest BCUT2D eigenvalue weighted by Gasteiger charge is 2.28. The SMILES string of the molecule is Nc1cc2c(nn1)CCN(C(=O)C[C@H]1OCCc3sccc31)C2. The molecule has 0 saturated carbocycles. The molecule has 0 fully saturated rings. The minimum absolute atomic E-state index is 0.112. The number of carbonyl (C=O) groups is 1. The fourth-order valence-electron chi connectivity index (χ4n) is 3.24. The Labute approximate surface area is 138 Å². The van der Waals surface area contributed by atoms with E-state index in [0.29, 0.717) is 31.9 Å². The van der Waals surface area contributed by atoms with Crippen molar-refractivity contribution in [3.05, 3.63) is 39.2 Å². The standard InChI is InChI=1S/C16H18N4O2S/c17-15-7-10-9-20(4-1-12(10)18-19-15)16(21)8-13-11-3-6-23-14(11)2-5-22-13/h3,6-7,13H,1-2,4-5,8-9H2,(H2,17,19)/t13-/m1/s1. The van der Waals surface area contributed by atoms with Crippen molar-refractivity contribution < 1.29 is 9.53 Å². The van der Waals surface area contributed by atoms with Gasteiger partial charge >= 0.3 is 0 Å². The fraction of sp³-hybridized carbons (Fsp3) is 0.438. The third-order valence-corrected chi connectivity index (χ3v) is 5.44. The zero-order valence-corrected chi connectivity index (χ0v) is 13.5. The first-order valence-corrected chi connectivity index (χ1v) is 8.65. The summed E-state index contributed by atoms with van der Waals surface area (Å²) in [6.07, 6.45) is 1.96. The molecule has 0 aromatic carbocycles. The van der Waals surface area contributed by atoms with E-state index < -0.39 is 0 Å². The molecule has 0 bridgehead atoms. The zero-order chi connectivity index (χ0) is 15.8. The normalized spacial score (nSPS) is 20.0. The second-order valence-electron chi connectivity index (χ2n) is 5.92. The van der Waals surface area contributed by atoms with Crippen molar-refractivity contribution in [1.82, 2.24) is 15.1 Å². The van der Waals surface area contributed by atoms with E-state index in [1.807, 2.05) is 11.0 Å². The van der Waals surface area contributed by atoms with E-state index >= 15 is 0 Å². The van der Waals surface area contributed by atoms with Gasteiger partial charge in [-0.3, -0.25) is 4.79 Å². The topological polar surface area (TPSA) is 81.3 Å². The molecule has 1 atom stereocenters. The first-order chi connectivity index (χ1) is 11.2. The van der Waals surface area contributed by atoms with Crippen LogP contribution in [0.4, 0.5) is 5.82 Å². The average Bonchev–Trinajstić information content (AvgIpc) is 3.03. The molecule has 1 amide bonds. The summed E-state index contributed by atoms with van der Waals surface area (Å²) in [6.45, 7) is 1.92. The largest absolute Gasteiger partial charge is 0.382 e. The van der Waals surface area contributed by atoms with E-state index in [-0.39, 0.29) is 12.0 Å². The van der Waals surface area contributed by atoms with Crippen molar-refractivity contribution in [2.45, 2.75) is 31.9 Å². The lowest BCUT2D eigenvalue weighted by molar-refractivity contribution is -0.135. The summed E-state index contributed by atoms with van der Waals surface area (Å²) in [5, 5.41) is 10.1. The van der Waals surface area contributed by atoms with Gasteiger partial charge in [0.25, 0.3) is 0 Å². The van der Waals surface area contributed by atoms with Gasteiger partial charge in [-0.25, -0.2) is 0 Å². The predicted molar refractivity (Wildman–Crippen MR) is 86.9 cm³/mol. The summed E-state index contributed by atoms with van der Waals surface area (Å²) in [4.78, 5) is 15.9. The lowest BCUT2D eigenvalue weighted by Gasteiger charge is -2.30. The Kier molecular flexibility index (Phi) is 3.74. The second kappa shape index (κ2) is 5.90. The van der Waals surface area contributed by atoms with Gasteiger partial charge in [0, 0.05) is 30.8 Å². The zero-order valence-electron chi connectivity index (χ0n) is 12.7. The molecule has 0 radical (unpaired) electrons. The molecular weight excluding hydrogens is 312 g/mol. The Balaban J connectivity index is 1.47. The molecule has 7 heteroatoms. The van der Waals surface area contributed by atoms with Crippen LogP contribution in [0.3, 0.4) is 0 Å². The van der Waals surface area contributed by atoms with E-state index in [2.05, 4.69) is 21.6 Å². The van der Waals surface area contributed by atoms with Gasteiger partial charge in [0.1, 0.15) is 5.82 Å². The van der Waals surface area contributed by atoms with Crippen LogP contribution in [0.5, 0.6) is 0 Å². The number of amides is 1. The molecule has 4 heterocycles. The molecule has 0 spiro atoms. The smallest absolute Gasteiger partial charge is 0.225 e. The molecule has 0 unspecified atom stereocenters. The van der Waals surface area contributed by atoms with E-state index in [0.717, 1.165) is 24.1 Å². The summed E-state index contributed by atoms with van der Waals surface area (Å²) < 4.78 is 5.83. The predicted octanol–water partition coefficient (Wildman–Crippen LogP) is 1.71. The van der Waals surface area contributed by atoms with Gasteiger partial charge in [-0.1, -0.05) is 0 Å². The van der Waals surface area contributed by atoms with Crippen molar-refractivity contribution in [3.8, 4) is 0 Å². The van der Waals surface area contributed by atoms with Crippen LogP contribution in [0.15, 0.2) is 17.5 Å². The summed E-state index contributed by atoms with van der Waals surface area (Å²) in [6, 6.07) is 3.90. The maximum Gasteiger partial charge on any atom is 0.225 e. The van der Waals surface area contributed by atoms with Crippen LogP contribution < -0.4 is 5.73 Å². The summed E-state index contributed by atoms with van der Waals surface area (Å²) in [5.74, 6) is 0.520. The number of thiophene rings is 1. The van der Waals surface area contributed by atoms with Crippen LogP contribution in [-0.4, -0.2) is 34.2 Å². The molecule has 2 aliphatic heterocycles. The molecule has 2 aromatic rings. The molecule has 6 nitrogen and oxygen atoms in total. The Hall–Kier alpha value is -1.99. The minimum atomic E-state index is -0.112. The lowest BCUT2D eigenvalue weighted by atomic mass is 10.0. The Morgan fingerprint density at radius 1 is 1.43 bits per heavy atom. The number of fused-ring (bicyclic) bond motifs is 2. The summed E-state index contributed by atoms with van der Waals surface area (Å²) in [5.41, 5.74) is 8.82. The number of nitrogens with zero attached hydrogens (tertiary/aromatic N) is 3. The van der Waals surface area contributed by atoms with Gasteiger partial charge in [0.2, 0.25) is 5.91 Å². The number of ether oxygens (including phenoxy) is 1. The van der Waals surface area contributed by atoms with Crippen LogP contribution in [0.2, 0.25) is 0 Å². The van der Waals surface area contributed by atoms with E-state index in [1.54, 1.807) is 11.3 Å². The summed E-state index contributed by atoms with van der Waals surface area (Å²) in [7, 11) is 0.